The van der Waals surface area contributed by atoms with Crippen LogP contribution in [0.15, 0.2) is 48.5 Å². The second-order valence-corrected chi connectivity index (χ2v) is 6.80. The van der Waals surface area contributed by atoms with E-state index in [1.807, 2.05) is 55.5 Å². The molecule has 1 unspecified atom stereocenters. The van der Waals surface area contributed by atoms with Crippen molar-refractivity contribution in [2.45, 2.75) is 19.8 Å². The molecule has 0 spiro atoms. The fourth-order valence-corrected chi connectivity index (χ4v) is 3.36. The summed E-state index contributed by atoms with van der Waals surface area (Å²) in [7, 11) is 0. The van der Waals surface area contributed by atoms with Gasteiger partial charge in [-0.1, -0.05) is 41.9 Å². The Kier molecular flexibility index (Phi) is 5.39. The summed E-state index contributed by atoms with van der Waals surface area (Å²) in [4.78, 5) is 26.4. The average molecular weight is 357 g/mol. The molecule has 0 bridgehead atoms. The Labute approximate surface area is 152 Å². The number of halogens is 1. The van der Waals surface area contributed by atoms with E-state index in [0.717, 1.165) is 16.8 Å². The zero-order valence-electron chi connectivity index (χ0n) is 14.2. The summed E-state index contributed by atoms with van der Waals surface area (Å²) < 4.78 is 0. The van der Waals surface area contributed by atoms with E-state index in [1.54, 1.807) is 4.90 Å². The SMILES string of the molecule is Cc1ccccc1N1CC(C(=O)NCCc2cccc(Cl)c2)CC1=O. The van der Waals surface area contributed by atoms with Crippen LogP contribution in [0.4, 0.5) is 5.69 Å². The molecular weight excluding hydrogens is 336 g/mol. The highest BCUT2D eigenvalue weighted by molar-refractivity contribution is 6.30. The summed E-state index contributed by atoms with van der Waals surface area (Å²) in [5, 5.41) is 3.63. The number of carbonyl (C=O) groups excluding carboxylic acids is 2. The molecule has 1 N–H and O–H groups in total. The summed E-state index contributed by atoms with van der Waals surface area (Å²) >= 11 is 5.96. The van der Waals surface area contributed by atoms with Crippen LogP contribution >= 0.6 is 11.6 Å². The third kappa shape index (κ3) is 4.20. The van der Waals surface area contributed by atoms with Crippen molar-refractivity contribution in [1.82, 2.24) is 5.32 Å². The number of carbonyl (C=O) groups is 2. The minimum atomic E-state index is -0.300. The van der Waals surface area contributed by atoms with E-state index in [4.69, 9.17) is 11.6 Å². The fraction of sp³-hybridized carbons (Fsp3) is 0.300. The van der Waals surface area contributed by atoms with Crippen molar-refractivity contribution in [3.63, 3.8) is 0 Å². The smallest absolute Gasteiger partial charge is 0.227 e. The molecule has 130 valence electrons. The lowest BCUT2D eigenvalue weighted by Gasteiger charge is -2.19. The number of rotatable bonds is 5. The van der Waals surface area contributed by atoms with Gasteiger partial charge in [0, 0.05) is 30.2 Å². The van der Waals surface area contributed by atoms with Crippen molar-refractivity contribution < 1.29 is 9.59 Å². The number of nitrogens with one attached hydrogen (secondary N) is 1. The maximum Gasteiger partial charge on any atom is 0.227 e. The Morgan fingerprint density at radius 3 is 2.80 bits per heavy atom. The van der Waals surface area contributed by atoms with Gasteiger partial charge in [-0.15, -0.1) is 0 Å². The Morgan fingerprint density at radius 2 is 2.04 bits per heavy atom. The molecule has 1 atom stereocenters. The summed E-state index contributed by atoms with van der Waals surface area (Å²) in [5.74, 6) is -0.359. The number of para-hydroxylation sites is 1. The summed E-state index contributed by atoms with van der Waals surface area (Å²) in [6, 6.07) is 15.4. The van der Waals surface area contributed by atoms with Gasteiger partial charge in [0.1, 0.15) is 0 Å². The molecule has 4 nitrogen and oxygen atoms in total. The highest BCUT2D eigenvalue weighted by Gasteiger charge is 2.35. The summed E-state index contributed by atoms with van der Waals surface area (Å²) in [6.07, 6.45) is 0.978. The molecule has 0 aromatic heterocycles. The molecule has 0 aliphatic carbocycles. The van der Waals surface area contributed by atoms with Gasteiger partial charge in [0.2, 0.25) is 11.8 Å². The van der Waals surface area contributed by atoms with Gasteiger partial charge in [-0.05, 0) is 42.7 Å². The lowest BCUT2D eigenvalue weighted by atomic mass is 10.1. The summed E-state index contributed by atoms with van der Waals surface area (Å²) in [6.45, 7) is 2.95. The van der Waals surface area contributed by atoms with Crippen molar-refractivity contribution in [3.05, 3.63) is 64.7 Å². The van der Waals surface area contributed by atoms with Crippen molar-refractivity contribution >= 4 is 29.1 Å². The number of hydrogen-bond acceptors (Lipinski definition) is 2. The summed E-state index contributed by atoms with van der Waals surface area (Å²) in [5.41, 5.74) is 3.01. The van der Waals surface area contributed by atoms with Crippen LogP contribution in [0.2, 0.25) is 5.02 Å². The zero-order chi connectivity index (χ0) is 17.8. The maximum atomic E-state index is 12.4. The molecule has 2 aromatic rings. The van der Waals surface area contributed by atoms with Gasteiger partial charge in [-0.2, -0.15) is 0 Å². The van der Waals surface area contributed by atoms with E-state index >= 15 is 0 Å². The van der Waals surface area contributed by atoms with Crippen molar-refractivity contribution in [3.8, 4) is 0 Å². The molecule has 5 heteroatoms. The highest BCUT2D eigenvalue weighted by Crippen LogP contribution is 2.27. The van der Waals surface area contributed by atoms with Crippen LogP contribution in [0.1, 0.15) is 17.5 Å². The topological polar surface area (TPSA) is 49.4 Å². The second kappa shape index (κ2) is 7.70. The molecule has 1 aliphatic rings. The lowest BCUT2D eigenvalue weighted by Crippen LogP contribution is -2.34. The number of nitrogens with zero attached hydrogens (tertiary/aromatic N) is 1. The quantitative estimate of drug-likeness (QED) is 0.893. The zero-order valence-corrected chi connectivity index (χ0v) is 14.9. The van der Waals surface area contributed by atoms with Crippen LogP contribution in [0.3, 0.4) is 0 Å². The fourth-order valence-electron chi connectivity index (χ4n) is 3.15. The van der Waals surface area contributed by atoms with Gasteiger partial charge < -0.3 is 10.2 Å². The number of hydrogen-bond donors (Lipinski definition) is 1. The van der Waals surface area contributed by atoms with Crippen molar-refractivity contribution in [2.75, 3.05) is 18.0 Å². The number of anilines is 1. The first kappa shape index (κ1) is 17.5. The van der Waals surface area contributed by atoms with E-state index in [-0.39, 0.29) is 24.2 Å². The van der Waals surface area contributed by atoms with Crippen LogP contribution < -0.4 is 10.2 Å². The lowest BCUT2D eigenvalue weighted by molar-refractivity contribution is -0.126. The van der Waals surface area contributed by atoms with Crippen LogP contribution in [0.25, 0.3) is 0 Å². The number of amides is 2. The predicted octanol–water partition coefficient (Wildman–Crippen LogP) is 3.36. The van der Waals surface area contributed by atoms with Crippen LogP contribution in [0.5, 0.6) is 0 Å². The van der Waals surface area contributed by atoms with Crippen LogP contribution in [0, 0.1) is 12.8 Å². The van der Waals surface area contributed by atoms with Crippen molar-refractivity contribution in [1.29, 1.82) is 0 Å². The van der Waals surface area contributed by atoms with Crippen LogP contribution in [-0.2, 0) is 16.0 Å². The second-order valence-electron chi connectivity index (χ2n) is 6.36. The largest absolute Gasteiger partial charge is 0.355 e. The minimum Gasteiger partial charge on any atom is -0.355 e. The minimum absolute atomic E-state index is 0.00397. The van der Waals surface area contributed by atoms with Crippen LogP contribution in [-0.4, -0.2) is 24.9 Å². The van der Waals surface area contributed by atoms with Gasteiger partial charge in [-0.3, -0.25) is 9.59 Å². The molecule has 3 rings (SSSR count). The molecule has 1 heterocycles. The van der Waals surface area contributed by atoms with E-state index in [2.05, 4.69) is 5.32 Å². The average Bonchev–Trinajstić information content (AvgIpc) is 2.97. The van der Waals surface area contributed by atoms with E-state index in [9.17, 15) is 9.59 Å². The molecule has 0 radical (unpaired) electrons. The normalized spacial score (nSPS) is 17.0. The Balaban J connectivity index is 1.55. The standard InChI is InChI=1S/C20H21ClN2O2/c1-14-5-2-3-8-18(14)23-13-16(12-19(23)24)20(25)22-10-9-15-6-4-7-17(21)11-15/h2-8,11,16H,9-10,12-13H2,1H3,(H,22,25). The molecule has 1 fully saturated rings. The molecule has 25 heavy (non-hydrogen) atoms. The molecule has 1 aliphatic heterocycles. The third-order valence-electron chi connectivity index (χ3n) is 4.50. The van der Waals surface area contributed by atoms with Gasteiger partial charge in [0.05, 0.1) is 5.92 Å². The van der Waals surface area contributed by atoms with Crippen molar-refractivity contribution in [2.24, 2.45) is 5.92 Å². The number of aryl methyl sites for hydroxylation is 1. The van der Waals surface area contributed by atoms with Gasteiger partial charge >= 0.3 is 0 Å². The van der Waals surface area contributed by atoms with E-state index < -0.39 is 0 Å². The first-order chi connectivity index (χ1) is 12.0. The van der Waals surface area contributed by atoms with Gasteiger partial charge in [-0.25, -0.2) is 0 Å². The predicted molar refractivity (Wildman–Crippen MR) is 99.8 cm³/mol. The molecular formula is C20H21ClN2O2. The monoisotopic (exact) mass is 356 g/mol. The van der Waals surface area contributed by atoms with E-state index in [0.29, 0.717) is 24.5 Å². The molecule has 0 saturated carbocycles. The Morgan fingerprint density at radius 1 is 1.24 bits per heavy atom. The molecule has 2 aromatic carbocycles. The van der Waals surface area contributed by atoms with Gasteiger partial charge in [0.25, 0.3) is 0 Å². The Hall–Kier alpha value is -2.33. The maximum absolute atomic E-state index is 12.4. The first-order valence-corrected chi connectivity index (χ1v) is 8.80. The van der Waals surface area contributed by atoms with E-state index in [1.165, 1.54) is 0 Å². The first-order valence-electron chi connectivity index (χ1n) is 8.43. The molecule has 2 amide bonds. The molecule has 1 saturated heterocycles. The Bertz CT molecular complexity index is 791. The number of benzene rings is 2. The third-order valence-corrected chi connectivity index (χ3v) is 4.74. The van der Waals surface area contributed by atoms with Gasteiger partial charge in [0.15, 0.2) is 0 Å². The highest BCUT2D eigenvalue weighted by atomic mass is 35.5.